The molecule has 0 saturated carbocycles. The van der Waals surface area contributed by atoms with Gasteiger partial charge in [0, 0.05) is 11.8 Å². The van der Waals surface area contributed by atoms with Gasteiger partial charge in [-0.25, -0.2) is 9.48 Å². The molecule has 1 N–H and O–H groups in total. The summed E-state index contributed by atoms with van der Waals surface area (Å²) in [6.07, 6.45) is 1.57. The van der Waals surface area contributed by atoms with Gasteiger partial charge in [-0.1, -0.05) is 48.0 Å². The van der Waals surface area contributed by atoms with Gasteiger partial charge in [-0.15, -0.1) is 0 Å². The molecule has 0 radical (unpaired) electrons. The third-order valence-corrected chi connectivity index (χ3v) is 4.27. The summed E-state index contributed by atoms with van der Waals surface area (Å²) in [7, 11) is 1.21. The molecular weight excluding hydrogens is 386 g/mol. The van der Waals surface area contributed by atoms with Crippen molar-refractivity contribution in [3.63, 3.8) is 0 Å². The van der Waals surface area contributed by atoms with E-state index in [9.17, 15) is 14.4 Å². The van der Waals surface area contributed by atoms with Crippen LogP contribution in [0.5, 0.6) is 0 Å². The van der Waals surface area contributed by atoms with Gasteiger partial charge in [0.05, 0.1) is 12.8 Å². The molecule has 8 heteroatoms. The Hall–Kier alpha value is -3.94. The molecule has 0 aliphatic heterocycles. The predicted octanol–water partition coefficient (Wildman–Crippen LogP) is 2.29. The van der Waals surface area contributed by atoms with Gasteiger partial charge in [-0.2, -0.15) is 5.10 Å². The summed E-state index contributed by atoms with van der Waals surface area (Å²) in [6.45, 7) is 1.14. The molecule has 3 aromatic rings. The van der Waals surface area contributed by atoms with Gasteiger partial charge < -0.3 is 14.8 Å². The van der Waals surface area contributed by atoms with Crippen LogP contribution >= 0.6 is 0 Å². The monoisotopic (exact) mass is 407 g/mol. The minimum absolute atomic E-state index is 0.225. The van der Waals surface area contributed by atoms with Crippen LogP contribution in [-0.4, -0.2) is 47.9 Å². The molecule has 154 valence electrons. The third kappa shape index (κ3) is 5.11. The Kier molecular flexibility index (Phi) is 6.59. The SMILES string of the molecule is COC(=O)CNC(=O)COC(=O)c1cn(-c2ccccc2)nc1-c1ccc(C)cc1. The van der Waals surface area contributed by atoms with E-state index in [0.29, 0.717) is 5.69 Å². The zero-order valence-corrected chi connectivity index (χ0v) is 16.6. The molecule has 0 atom stereocenters. The maximum absolute atomic E-state index is 12.7. The Morgan fingerprint density at radius 2 is 1.73 bits per heavy atom. The zero-order chi connectivity index (χ0) is 21.5. The minimum Gasteiger partial charge on any atom is -0.468 e. The average molecular weight is 407 g/mol. The second-order valence-corrected chi connectivity index (χ2v) is 6.47. The van der Waals surface area contributed by atoms with Crippen LogP contribution in [0.15, 0.2) is 60.8 Å². The van der Waals surface area contributed by atoms with Gasteiger partial charge in [0.2, 0.25) is 0 Å². The average Bonchev–Trinajstić information content (AvgIpc) is 3.22. The van der Waals surface area contributed by atoms with Crippen LogP contribution in [0.1, 0.15) is 15.9 Å². The lowest BCUT2D eigenvalue weighted by Crippen LogP contribution is -2.33. The maximum atomic E-state index is 12.7. The van der Waals surface area contributed by atoms with E-state index in [1.165, 1.54) is 7.11 Å². The normalized spacial score (nSPS) is 10.3. The number of carbonyl (C=O) groups is 3. The number of hydrogen-bond donors (Lipinski definition) is 1. The van der Waals surface area contributed by atoms with Crippen molar-refractivity contribution in [2.24, 2.45) is 0 Å². The number of carbonyl (C=O) groups excluding carboxylic acids is 3. The van der Waals surface area contributed by atoms with Crippen molar-refractivity contribution < 1.29 is 23.9 Å². The van der Waals surface area contributed by atoms with Crippen LogP contribution in [-0.2, 0) is 19.1 Å². The highest BCUT2D eigenvalue weighted by Gasteiger charge is 2.21. The lowest BCUT2D eigenvalue weighted by molar-refractivity contribution is -0.141. The van der Waals surface area contributed by atoms with Crippen molar-refractivity contribution in [2.45, 2.75) is 6.92 Å². The first kappa shape index (κ1) is 20.8. The number of amides is 1. The fourth-order valence-electron chi connectivity index (χ4n) is 2.66. The number of aromatic nitrogens is 2. The van der Waals surface area contributed by atoms with Gasteiger partial charge >= 0.3 is 11.9 Å². The minimum atomic E-state index is -0.694. The Labute approximate surface area is 173 Å². The second-order valence-electron chi connectivity index (χ2n) is 6.47. The van der Waals surface area contributed by atoms with E-state index >= 15 is 0 Å². The molecule has 0 aliphatic carbocycles. The van der Waals surface area contributed by atoms with E-state index in [1.807, 2.05) is 61.5 Å². The molecule has 0 unspecified atom stereocenters. The Balaban J connectivity index is 1.82. The summed E-state index contributed by atoms with van der Waals surface area (Å²) in [5.74, 6) is -1.90. The number of para-hydroxylation sites is 1. The first-order chi connectivity index (χ1) is 14.5. The van der Waals surface area contributed by atoms with Gasteiger partial charge in [0.1, 0.15) is 17.8 Å². The summed E-state index contributed by atoms with van der Waals surface area (Å²) >= 11 is 0. The molecule has 0 fully saturated rings. The van der Waals surface area contributed by atoms with Crippen LogP contribution in [0.25, 0.3) is 16.9 Å². The van der Waals surface area contributed by atoms with Crippen LogP contribution in [0.2, 0.25) is 0 Å². The van der Waals surface area contributed by atoms with Crippen molar-refractivity contribution in [1.29, 1.82) is 0 Å². The number of methoxy groups -OCH3 is 1. The van der Waals surface area contributed by atoms with E-state index in [2.05, 4.69) is 15.2 Å². The lowest BCUT2D eigenvalue weighted by Gasteiger charge is -2.06. The summed E-state index contributed by atoms with van der Waals surface area (Å²) in [4.78, 5) is 35.6. The fourth-order valence-corrected chi connectivity index (χ4v) is 2.66. The van der Waals surface area contributed by atoms with Crippen molar-refractivity contribution >= 4 is 17.8 Å². The number of esters is 2. The van der Waals surface area contributed by atoms with Crippen molar-refractivity contribution in [3.8, 4) is 16.9 Å². The van der Waals surface area contributed by atoms with E-state index in [1.54, 1.807) is 10.9 Å². The highest BCUT2D eigenvalue weighted by atomic mass is 16.5. The molecular formula is C22H21N3O5. The van der Waals surface area contributed by atoms with Crippen LogP contribution < -0.4 is 5.32 Å². The first-order valence-corrected chi connectivity index (χ1v) is 9.20. The molecule has 8 nitrogen and oxygen atoms in total. The molecule has 1 amide bonds. The molecule has 0 bridgehead atoms. The van der Waals surface area contributed by atoms with E-state index < -0.39 is 24.5 Å². The number of ether oxygens (including phenoxy) is 2. The molecule has 3 rings (SSSR count). The summed E-state index contributed by atoms with van der Waals surface area (Å²) in [6, 6.07) is 16.9. The molecule has 2 aromatic carbocycles. The van der Waals surface area contributed by atoms with Crippen molar-refractivity contribution in [3.05, 3.63) is 71.9 Å². The third-order valence-electron chi connectivity index (χ3n) is 4.27. The predicted molar refractivity (Wildman–Crippen MR) is 109 cm³/mol. The zero-order valence-electron chi connectivity index (χ0n) is 16.6. The number of nitrogens with zero attached hydrogens (tertiary/aromatic N) is 2. The number of aryl methyl sites for hydroxylation is 1. The van der Waals surface area contributed by atoms with E-state index in [-0.39, 0.29) is 12.1 Å². The van der Waals surface area contributed by atoms with Crippen LogP contribution in [0, 0.1) is 6.92 Å². The van der Waals surface area contributed by atoms with Gasteiger partial charge in [-0.3, -0.25) is 9.59 Å². The number of nitrogens with one attached hydrogen (secondary N) is 1. The van der Waals surface area contributed by atoms with E-state index in [0.717, 1.165) is 16.8 Å². The van der Waals surface area contributed by atoms with Gasteiger partial charge in [0.15, 0.2) is 6.61 Å². The lowest BCUT2D eigenvalue weighted by atomic mass is 10.1. The summed E-state index contributed by atoms with van der Waals surface area (Å²) in [5, 5.41) is 6.87. The standard InChI is InChI=1S/C22H21N3O5/c1-15-8-10-16(11-9-15)21-18(13-25(24-21)17-6-4-3-5-7-17)22(28)30-14-19(26)23-12-20(27)29-2/h3-11,13H,12,14H2,1-2H3,(H,23,26). The Morgan fingerprint density at radius 3 is 2.40 bits per heavy atom. The largest absolute Gasteiger partial charge is 0.468 e. The highest BCUT2D eigenvalue weighted by molar-refractivity contribution is 5.97. The van der Waals surface area contributed by atoms with Crippen molar-refractivity contribution in [1.82, 2.24) is 15.1 Å². The second kappa shape index (κ2) is 9.51. The molecule has 0 spiro atoms. The Morgan fingerprint density at radius 1 is 1.03 bits per heavy atom. The summed E-state index contributed by atoms with van der Waals surface area (Å²) < 4.78 is 11.2. The molecule has 0 saturated heterocycles. The quantitative estimate of drug-likeness (QED) is 0.604. The highest BCUT2D eigenvalue weighted by Crippen LogP contribution is 2.25. The van der Waals surface area contributed by atoms with E-state index in [4.69, 9.17) is 4.74 Å². The number of rotatable bonds is 7. The van der Waals surface area contributed by atoms with Crippen LogP contribution in [0.4, 0.5) is 0 Å². The number of benzene rings is 2. The maximum Gasteiger partial charge on any atom is 0.342 e. The Bertz CT molecular complexity index is 1040. The smallest absolute Gasteiger partial charge is 0.342 e. The van der Waals surface area contributed by atoms with Crippen LogP contribution in [0.3, 0.4) is 0 Å². The fraction of sp³-hybridized carbons (Fsp3) is 0.182. The summed E-state index contributed by atoms with van der Waals surface area (Å²) in [5.41, 5.74) is 3.27. The first-order valence-electron chi connectivity index (χ1n) is 9.20. The molecule has 1 heterocycles. The topological polar surface area (TPSA) is 99.5 Å². The van der Waals surface area contributed by atoms with Gasteiger partial charge in [0.25, 0.3) is 5.91 Å². The number of hydrogen-bond acceptors (Lipinski definition) is 6. The van der Waals surface area contributed by atoms with Crippen molar-refractivity contribution in [2.75, 3.05) is 20.3 Å². The molecule has 1 aromatic heterocycles. The molecule has 0 aliphatic rings. The van der Waals surface area contributed by atoms with Gasteiger partial charge in [-0.05, 0) is 19.1 Å². The molecule has 30 heavy (non-hydrogen) atoms.